The van der Waals surface area contributed by atoms with Crippen molar-refractivity contribution in [2.75, 3.05) is 0 Å². The van der Waals surface area contributed by atoms with Crippen molar-refractivity contribution in [2.24, 2.45) is 0 Å². The zero-order valence-electron chi connectivity index (χ0n) is 9.42. The first-order chi connectivity index (χ1) is 8.56. The SMILES string of the molecule is Cc1ncc(C(=O)S)c(Oc2ccc(F)cc2)n1. The molecule has 4 nitrogen and oxygen atoms in total. The fraction of sp³-hybridized carbons (Fsp3) is 0.0833. The van der Waals surface area contributed by atoms with E-state index >= 15 is 0 Å². The molecular weight excluding hydrogens is 255 g/mol. The Balaban J connectivity index is 2.35. The van der Waals surface area contributed by atoms with Crippen LogP contribution in [-0.4, -0.2) is 15.1 Å². The van der Waals surface area contributed by atoms with Gasteiger partial charge >= 0.3 is 0 Å². The second kappa shape index (κ2) is 5.14. The molecule has 0 aliphatic heterocycles. The summed E-state index contributed by atoms with van der Waals surface area (Å²) in [5.41, 5.74) is 0.160. The van der Waals surface area contributed by atoms with Crippen molar-refractivity contribution < 1.29 is 13.9 Å². The maximum Gasteiger partial charge on any atom is 0.234 e. The van der Waals surface area contributed by atoms with Gasteiger partial charge in [0, 0.05) is 6.20 Å². The Labute approximate surface area is 108 Å². The molecule has 2 rings (SSSR count). The number of hydrogen-bond donors (Lipinski definition) is 1. The molecule has 0 atom stereocenters. The lowest BCUT2D eigenvalue weighted by atomic mass is 10.3. The smallest absolute Gasteiger partial charge is 0.234 e. The van der Waals surface area contributed by atoms with E-state index in [0.29, 0.717) is 11.6 Å². The van der Waals surface area contributed by atoms with Gasteiger partial charge in [-0.15, -0.1) is 12.6 Å². The Kier molecular flexibility index (Phi) is 3.57. The highest BCUT2D eigenvalue weighted by molar-refractivity contribution is 7.97. The van der Waals surface area contributed by atoms with Gasteiger partial charge in [0.2, 0.25) is 11.0 Å². The van der Waals surface area contributed by atoms with E-state index in [1.54, 1.807) is 6.92 Å². The molecule has 92 valence electrons. The number of halogens is 1. The number of hydrogen-bond acceptors (Lipinski definition) is 4. The van der Waals surface area contributed by atoms with Crippen LogP contribution in [0.3, 0.4) is 0 Å². The van der Waals surface area contributed by atoms with Crippen LogP contribution in [0, 0.1) is 12.7 Å². The molecule has 1 aromatic carbocycles. The van der Waals surface area contributed by atoms with Gasteiger partial charge in [-0.1, -0.05) is 0 Å². The molecule has 6 heteroatoms. The number of ether oxygens (including phenoxy) is 1. The number of carbonyl (C=O) groups is 1. The zero-order valence-corrected chi connectivity index (χ0v) is 10.3. The first-order valence-electron chi connectivity index (χ1n) is 5.06. The van der Waals surface area contributed by atoms with Gasteiger partial charge in [-0.25, -0.2) is 9.37 Å². The van der Waals surface area contributed by atoms with Crippen molar-refractivity contribution in [2.45, 2.75) is 6.92 Å². The van der Waals surface area contributed by atoms with Gasteiger partial charge in [0.15, 0.2) is 0 Å². The summed E-state index contributed by atoms with van der Waals surface area (Å²) in [4.78, 5) is 19.2. The lowest BCUT2D eigenvalue weighted by Gasteiger charge is -2.08. The molecule has 0 unspecified atom stereocenters. The molecule has 0 saturated heterocycles. The predicted octanol–water partition coefficient (Wildman–Crippen LogP) is 2.79. The number of thiol groups is 1. The van der Waals surface area contributed by atoms with Crippen LogP contribution in [0.2, 0.25) is 0 Å². The molecule has 0 amide bonds. The second-order valence-electron chi connectivity index (χ2n) is 3.50. The van der Waals surface area contributed by atoms with Gasteiger partial charge in [0.1, 0.15) is 23.0 Å². The first kappa shape index (κ1) is 12.5. The van der Waals surface area contributed by atoms with Crippen LogP contribution in [0.15, 0.2) is 30.5 Å². The van der Waals surface area contributed by atoms with Crippen molar-refractivity contribution in [3.63, 3.8) is 0 Å². The van der Waals surface area contributed by atoms with Gasteiger partial charge < -0.3 is 4.74 Å². The van der Waals surface area contributed by atoms with Gasteiger partial charge in [-0.3, -0.25) is 4.79 Å². The molecule has 18 heavy (non-hydrogen) atoms. The van der Waals surface area contributed by atoms with Crippen LogP contribution in [0.4, 0.5) is 4.39 Å². The molecule has 1 heterocycles. The van der Waals surface area contributed by atoms with Gasteiger partial charge in [0.05, 0.1) is 0 Å². The van der Waals surface area contributed by atoms with Crippen LogP contribution in [0.25, 0.3) is 0 Å². The van der Waals surface area contributed by atoms with Gasteiger partial charge in [0.25, 0.3) is 0 Å². The Bertz CT molecular complexity index is 587. The maximum atomic E-state index is 12.7. The second-order valence-corrected chi connectivity index (χ2v) is 3.90. The lowest BCUT2D eigenvalue weighted by Crippen LogP contribution is -2.01. The van der Waals surface area contributed by atoms with E-state index in [1.807, 2.05) is 0 Å². The minimum Gasteiger partial charge on any atom is -0.438 e. The van der Waals surface area contributed by atoms with Crippen molar-refractivity contribution in [1.29, 1.82) is 0 Å². The van der Waals surface area contributed by atoms with E-state index in [0.717, 1.165) is 0 Å². The van der Waals surface area contributed by atoms with E-state index in [-0.39, 0.29) is 17.3 Å². The summed E-state index contributed by atoms with van der Waals surface area (Å²) in [5.74, 6) is 0.580. The fourth-order valence-electron chi connectivity index (χ4n) is 1.29. The summed E-state index contributed by atoms with van der Waals surface area (Å²) < 4.78 is 18.2. The van der Waals surface area contributed by atoms with E-state index in [2.05, 4.69) is 22.6 Å². The Morgan fingerprint density at radius 1 is 1.33 bits per heavy atom. The highest BCUT2D eigenvalue weighted by atomic mass is 32.1. The van der Waals surface area contributed by atoms with Crippen LogP contribution in [0.5, 0.6) is 11.6 Å². The largest absolute Gasteiger partial charge is 0.438 e. The maximum absolute atomic E-state index is 12.7. The molecule has 1 aromatic heterocycles. The van der Waals surface area contributed by atoms with Crippen LogP contribution >= 0.6 is 12.6 Å². The third-order valence-electron chi connectivity index (χ3n) is 2.13. The summed E-state index contributed by atoms with van der Waals surface area (Å²) in [6, 6.07) is 5.40. The molecule has 0 saturated carbocycles. The highest BCUT2D eigenvalue weighted by Gasteiger charge is 2.13. The van der Waals surface area contributed by atoms with Gasteiger partial charge in [-0.2, -0.15) is 4.98 Å². The third-order valence-corrected chi connectivity index (χ3v) is 2.37. The quantitative estimate of drug-likeness (QED) is 0.866. The molecule has 0 bridgehead atoms. The van der Waals surface area contributed by atoms with Crippen molar-refractivity contribution in [1.82, 2.24) is 9.97 Å². The minimum absolute atomic E-state index is 0.106. The van der Waals surface area contributed by atoms with E-state index in [1.165, 1.54) is 30.5 Å². The molecule has 0 N–H and O–H groups in total. The van der Waals surface area contributed by atoms with Crippen molar-refractivity contribution >= 4 is 17.7 Å². The number of carbonyl (C=O) groups excluding carboxylic acids is 1. The summed E-state index contributed by atoms with van der Waals surface area (Å²) in [6.07, 6.45) is 1.34. The Morgan fingerprint density at radius 3 is 2.61 bits per heavy atom. The predicted molar refractivity (Wildman–Crippen MR) is 66.6 cm³/mol. The Hall–Kier alpha value is -1.95. The molecule has 2 aromatic rings. The number of benzene rings is 1. The molecule has 0 spiro atoms. The Morgan fingerprint density at radius 2 is 2.00 bits per heavy atom. The molecule has 0 aliphatic carbocycles. The molecule has 0 fully saturated rings. The summed E-state index contributed by atoms with van der Waals surface area (Å²) in [5, 5.41) is -0.493. The van der Waals surface area contributed by atoms with E-state index < -0.39 is 5.12 Å². The summed E-state index contributed by atoms with van der Waals surface area (Å²) in [7, 11) is 0. The minimum atomic E-state index is -0.493. The van der Waals surface area contributed by atoms with Gasteiger partial charge in [-0.05, 0) is 31.2 Å². The lowest BCUT2D eigenvalue weighted by molar-refractivity contribution is 0.108. The summed E-state index contributed by atoms with van der Waals surface area (Å²) in [6.45, 7) is 1.67. The van der Waals surface area contributed by atoms with E-state index in [9.17, 15) is 9.18 Å². The number of aryl methyl sites for hydroxylation is 1. The first-order valence-corrected chi connectivity index (χ1v) is 5.51. The molecule has 0 radical (unpaired) electrons. The third kappa shape index (κ3) is 2.84. The number of rotatable bonds is 3. The standard InChI is InChI=1S/C12H9FN2O2S/c1-7-14-6-10(12(16)18)11(15-7)17-9-4-2-8(13)3-5-9/h2-6H,1H3,(H,16,18). The zero-order chi connectivity index (χ0) is 13.1. The topological polar surface area (TPSA) is 52.1 Å². The van der Waals surface area contributed by atoms with Crippen LogP contribution in [0.1, 0.15) is 16.2 Å². The average Bonchev–Trinajstić information content (AvgIpc) is 2.32. The van der Waals surface area contributed by atoms with E-state index in [4.69, 9.17) is 4.74 Å². The normalized spacial score (nSPS) is 10.2. The molecule has 0 aliphatic rings. The average molecular weight is 264 g/mol. The van der Waals surface area contributed by atoms with Crippen molar-refractivity contribution in [3.8, 4) is 11.6 Å². The summed E-state index contributed by atoms with van der Waals surface area (Å²) >= 11 is 3.72. The fourth-order valence-corrected chi connectivity index (χ4v) is 1.44. The number of nitrogens with zero attached hydrogens (tertiary/aromatic N) is 2. The highest BCUT2D eigenvalue weighted by Crippen LogP contribution is 2.24. The number of aromatic nitrogens is 2. The van der Waals surface area contributed by atoms with Crippen molar-refractivity contribution in [3.05, 3.63) is 47.7 Å². The monoisotopic (exact) mass is 264 g/mol. The molecular formula is C12H9FN2O2S. The van der Waals surface area contributed by atoms with Crippen LogP contribution < -0.4 is 4.74 Å². The van der Waals surface area contributed by atoms with Crippen LogP contribution in [-0.2, 0) is 0 Å².